The number of quaternary nitrogens is 1. The van der Waals surface area contributed by atoms with Gasteiger partial charge in [-0.1, -0.05) is 37.3 Å². The summed E-state index contributed by atoms with van der Waals surface area (Å²) < 4.78 is 0. The number of piperazine rings is 1. The Hall–Kier alpha value is -1.88. The Morgan fingerprint density at radius 2 is 2.09 bits per heavy atom. The summed E-state index contributed by atoms with van der Waals surface area (Å²) in [6, 6.07) is 10.1. The number of benzene rings is 1. The highest BCUT2D eigenvalue weighted by Gasteiger charge is 2.29. The van der Waals surface area contributed by atoms with Crippen molar-refractivity contribution in [2.45, 2.75) is 32.2 Å². The molecule has 3 atom stereocenters. The van der Waals surface area contributed by atoms with E-state index in [1.807, 2.05) is 25.1 Å². The Morgan fingerprint density at radius 1 is 1.36 bits per heavy atom. The van der Waals surface area contributed by atoms with Gasteiger partial charge in [-0.3, -0.25) is 9.59 Å². The van der Waals surface area contributed by atoms with Gasteiger partial charge in [0.25, 0.3) is 11.8 Å². The summed E-state index contributed by atoms with van der Waals surface area (Å²) in [6.07, 6.45) is 0.984. The third kappa shape index (κ3) is 4.31. The molecule has 2 rings (SSSR count). The third-order valence-corrected chi connectivity index (χ3v) is 4.45. The zero-order valence-corrected chi connectivity index (χ0v) is 13.4. The maximum absolute atomic E-state index is 12.3. The van der Waals surface area contributed by atoms with Crippen LogP contribution < -0.4 is 15.5 Å². The van der Waals surface area contributed by atoms with E-state index in [1.54, 1.807) is 0 Å². The molecule has 5 heteroatoms. The van der Waals surface area contributed by atoms with E-state index < -0.39 is 0 Å². The molecule has 0 radical (unpaired) electrons. The molecule has 0 aromatic heterocycles. The van der Waals surface area contributed by atoms with Gasteiger partial charge in [0.05, 0.1) is 13.1 Å². The van der Waals surface area contributed by atoms with Crippen molar-refractivity contribution in [1.29, 1.82) is 0 Å². The molecule has 22 heavy (non-hydrogen) atoms. The average molecular weight is 304 g/mol. The van der Waals surface area contributed by atoms with E-state index in [0.717, 1.165) is 17.9 Å². The summed E-state index contributed by atoms with van der Waals surface area (Å²) in [4.78, 5) is 24.8. The molecule has 0 bridgehead atoms. The molecule has 5 nitrogen and oxygen atoms in total. The molecule has 1 saturated heterocycles. The van der Waals surface area contributed by atoms with Crippen LogP contribution in [0.4, 0.5) is 0 Å². The van der Waals surface area contributed by atoms with Crippen LogP contribution in [0, 0.1) is 0 Å². The van der Waals surface area contributed by atoms with Crippen LogP contribution in [-0.4, -0.2) is 44.0 Å². The maximum Gasteiger partial charge on any atom is 0.278 e. The Balaban J connectivity index is 1.87. The molecule has 1 aliphatic rings. The number of amides is 2. The molecule has 2 amide bonds. The van der Waals surface area contributed by atoms with Crippen LogP contribution in [0.1, 0.15) is 31.7 Å². The predicted molar refractivity (Wildman–Crippen MR) is 85.7 cm³/mol. The Kier molecular flexibility index (Phi) is 5.95. The molecule has 0 aliphatic carbocycles. The minimum absolute atomic E-state index is 0.0246. The van der Waals surface area contributed by atoms with Crippen LogP contribution in [0.5, 0.6) is 0 Å². The SMILES string of the molecule is CC[C@@H](CNC(=O)[C@@H](C)[NH+]1CCNC(=O)C1)c1ccccc1. The first-order chi connectivity index (χ1) is 10.6. The largest absolute Gasteiger partial charge is 0.350 e. The van der Waals surface area contributed by atoms with Crippen molar-refractivity contribution in [1.82, 2.24) is 10.6 Å². The highest BCUT2D eigenvalue weighted by Crippen LogP contribution is 2.17. The lowest BCUT2D eigenvalue weighted by Gasteiger charge is -2.28. The Morgan fingerprint density at radius 3 is 2.73 bits per heavy atom. The minimum atomic E-state index is -0.195. The molecule has 1 aromatic carbocycles. The zero-order chi connectivity index (χ0) is 15.9. The normalized spacial score (nSPS) is 20.8. The van der Waals surface area contributed by atoms with Gasteiger partial charge in [0.15, 0.2) is 12.6 Å². The average Bonchev–Trinajstić information content (AvgIpc) is 2.55. The van der Waals surface area contributed by atoms with Crippen molar-refractivity contribution >= 4 is 11.8 Å². The van der Waals surface area contributed by atoms with Crippen molar-refractivity contribution in [2.24, 2.45) is 0 Å². The molecule has 0 saturated carbocycles. The second kappa shape index (κ2) is 7.94. The van der Waals surface area contributed by atoms with Crippen molar-refractivity contribution in [2.75, 3.05) is 26.2 Å². The van der Waals surface area contributed by atoms with Gasteiger partial charge in [0.2, 0.25) is 0 Å². The van der Waals surface area contributed by atoms with Gasteiger partial charge >= 0.3 is 0 Å². The predicted octanol–water partition coefficient (Wildman–Crippen LogP) is -0.300. The number of rotatable bonds is 6. The van der Waals surface area contributed by atoms with Gasteiger partial charge in [-0.2, -0.15) is 0 Å². The fraction of sp³-hybridized carbons (Fsp3) is 0.529. The first-order valence-corrected chi connectivity index (χ1v) is 8.05. The second-order valence-corrected chi connectivity index (χ2v) is 5.92. The Bertz CT molecular complexity index is 504. The number of carbonyl (C=O) groups is 2. The molecule has 1 aromatic rings. The maximum atomic E-state index is 12.3. The molecule has 1 fully saturated rings. The summed E-state index contributed by atoms with van der Waals surface area (Å²) in [5.41, 5.74) is 1.25. The van der Waals surface area contributed by atoms with Crippen LogP contribution in [0.15, 0.2) is 30.3 Å². The smallest absolute Gasteiger partial charge is 0.278 e. The summed E-state index contributed by atoms with van der Waals surface area (Å²) in [5, 5.41) is 5.85. The molecule has 0 spiro atoms. The van der Waals surface area contributed by atoms with Crippen molar-refractivity contribution in [3.05, 3.63) is 35.9 Å². The molecular formula is C17H26N3O2+. The monoisotopic (exact) mass is 304 g/mol. The molecule has 1 unspecified atom stereocenters. The minimum Gasteiger partial charge on any atom is -0.350 e. The van der Waals surface area contributed by atoms with Crippen LogP contribution in [0.25, 0.3) is 0 Å². The van der Waals surface area contributed by atoms with E-state index in [-0.39, 0.29) is 17.9 Å². The fourth-order valence-corrected chi connectivity index (χ4v) is 2.87. The lowest BCUT2D eigenvalue weighted by Crippen LogP contribution is -3.19. The van der Waals surface area contributed by atoms with Crippen molar-refractivity contribution in [3.63, 3.8) is 0 Å². The van der Waals surface area contributed by atoms with E-state index in [2.05, 4.69) is 29.7 Å². The van der Waals surface area contributed by atoms with Crippen LogP contribution in [0.2, 0.25) is 0 Å². The number of nitrogens with one attached hydrogen (secondary N) is 3. The summed E-state index contributed by atoms with van der Waals surface area (Å²) >= 11 is 0. The lowest BCUT2D eigenvalue weighted by molar-refractivity contribution is -0.907. The van der Waals surface area contributed by atoms with Gasteiger partial charge in [0, 0.05) is 12.5 Å². The molecule has 120 valence electrons. The first-order valence-electron chi connectivity index (χ1n) is 8.05. The van der Waals surface area contributed by atoms with E-state index >= 15 is 0 Å². The lowest BCUT2D eigenvalue weighted by atomic mass is 9.96. The van der Waals surface area contributed by atoms with Gasteiger partial charge < -0.3 is 15.5 Å². The second-order valence-electron chi connectivity index (χ2n) is 5.92. The van der Waals surface area contributed by atoms with Gasteiger partial charge in [-0.15, -0.1) is 0 Å². The molecule has 1 heterocycles. The van der Waals surface area contributed by atoms with E-state index in [1.165, 1.54) is 5.56 Å². The highest BCUT2D eigenvalue weighted by molar-refractivity contribution is 5.81. The molecule has 1 aliphatic heterocycles. The van der Waals surface area contributed by atoms with Gasteiger partial charge in [0.1, 0.15) is 0 Å². The number of hydrogen-bond acceptors (Lipinski definition) is 2. The van der Waals surface area contributed by atoms with E-state index in [0.29, 0.717) is 25.6 Å². The van der Waals surface area contributed by atoms with E-state index in [4.69, 9.17) is 0 Å². The summed E-state index contributed by atoms with van der Waals surface area (Å²) in [6.45, 7) is 6.50. The first kappa shape index (κ1) is 16.5. The van der Waals surface area contributed by atoms with Crippen molar-refractivity contribution in [3.8, 4) is 0 Å². The standard InChI is InChI=1S/C17H25N3O2/c1-3-14(15-7-5-4-6-8-15)11-19-17(22)13(2)20-10-9-18-16(21)12-20/h4-8,13-14H,3,9-12H2,1-2H3,(H,18,21)(H,19,22)/p+1/t13-,14+/m1/s1. The highest BCUT2D eigenvalue weighted by atomic mass is 16.2. The summed E-state index contributed by atoms with van der Waals surface area (Å²) in [5.74, 6) is 0.382. The Labute approximate surface area is 132 Å². The number of carbonyl (C=O) groups excluding carboxylic acids is 2. The zero-order valence-electron chi connectivity index (χ0n) is 13.4. The van der Waals surface area contributed by atoms with Gasteiger partial charge in [-0.05, 0) is 18.9 Å². The summed E-state index contributed by atoms with van der Waals surface area (Å²) in [7, 11) is 0. The van der Waals surface area contributed by atoms with Crippen LogP contribution in [0.3, 0.4) is 0 Å². The fourth-order valence-electron chi connectivity index (χ4n) is 2.87. The molecular weight excluding hydrogens is 278 g/mol. The quantitative estimate of drug-likeness (QED) is 0.676. The van der Waals surface area contributed by atoms with E-state index in [9.17, 15) is 9.59 Å². The van der Waals surface area contributed by atoms with Crippen LogP contribution >= 0.6 is 0 Å². The third-order valence-electron chi connectivity index (χ3n) is 4.45. The van der Waals surface area contributed by atoms with Crippen molar-refractivity contribution < 1.29 is 14.5 Å². The molecule has 3 N–H and O–H groups in total. The van der Waals surface area contributed by atoms with Gasteiger partial charge in [-0.25, -0.2) is 0 Å². The number of hydrogen-bond donors (Lipinski definition) is 3. The van der Waals surface area contributed by atoms with Crippen LogP contribution in [-0.2, 0) is 9.59 Å². The topological polar surface area (TPSA) is 62.6 Å².